The minimum atomic E-state index is -0.974. The second-order valence-electron chi connectivity index (χ2n) is 5.28. The summed E-state index contributed by atoms with van der Waals surface area (Å²) < 4.78 is 2.29. The van der Waals surface area contributed by atoms with Gasteiger partial charge in [-0.15, -0.1) is 0 Å². The van der Waals surface area contributed by atoms with Crippen LogP contribution in [0, 0.1) is 5.92 Å². The zero-order valence-electron chi connectivity index (χ0n) is 11.6. The predicted octanol–water partition coefficient (Wildman–Crippen LogP) is 2.47. The summed E-state index contributed by atoms with van der Waals surface area (Å²) >= 11 is 3.39. The molecule has 2 unspecified atom stereocenters. The topological polar surface area (TPSA) is 84.2 Å². The average Bonchev–Trinajstić information content (AvgIpc) is 3.15. The number of carbonyl (C=O) groups is 2. The van der Waals surface area contributed by atoms with Crippen molar-refractivity contribution < 1.29 is 14.7 Å². The number of rotatable bonds is 5. The molecule has 1 aliphatic rings. The van der Waals surface area contributed by atoms with Crippen LogP contribution in [0.3, 0.4) is 0 Å². The highest BCUT2D eigenvalue weighted by atomic mass is 79.9. The number of halogens is 1. The highest BCUT2D eigenvalue weighted by molar-refractivity contribution is 9.10. The summed E-state index contributed by atoms with van der Waals surface area (Å²) in [6.45, 7) is -0.221. The van der Waals surface area contributed by atoms with Gasteiger partial charge in [-0.05, 0) is 30.0 Å². The molecule has 2 atom stereocenters. The van der Waals surface area contributed by atoms with Crippen LogP contribution in [0.4, 0.5) is 5.82 Å². The first kappa shape index (κ1) is 14.8. The summed E-state index contributed by atoms with van der Waals surface area (Å²) in [5.41, 5.74) is 1.15. The predicted molar refractivity (Wildman–Crippen MR) is 83.5 cm³/mol. The lowest BCUT2D eigenvalue weighted by atomic mass is 10.1. The summed E-state index contributed by atoms with van der Waals surface area (Å²) in [5, 5.41) is 15.4. The second-order valence-corrected chi connectivity index (χ2v) is 6.20. The third-order valence-corrected chi connectivity index (χ3v) is 4.14. The van der Waals surface area contributed by atoms with Gasteiger partial charge in [-0.3, -0.25) is 14.3 Å². The number of hydrogen-bond donors (Lipinski definition) is 2. The number of benzene rings is 1. The molecule has 22 heavy (non-hydrogen) atoms. The smallest absolute Gasteiger partial charge is 0.325 e. The Morgan fingerprint density at radius 2 is 2.05 bits per heavy atom. The van der Waals surface area contributed by atoms with Gasteiger partial charge in [-0.2, -0.15) is 5.10 Å². The van der Waals surface area contributed by atoms with Crippen molar-refractivity contribution >= 4 is 33.6 Å². The van der Waals surface area contributed by atoms with E-state index in [0.717, 1.165) is 16.5 Å². The number of carbonyl (C=O) groups excluding carboxylic acids is 1. The Balaban J connectivity index is 1.58. The van der Waals surface area contributed by atoms with Crippen molar-refractivity contribution in [2.75, 3.05) is 5.32 Å². The van der Waals surface area contributed by atoms with E-state index in [1.54, 1.807) is 6.07 Å². The molecule has 7 heteroatoms. The van der Waals surface area contributed by atoms with Gasteiger partial charge < -0.3 is 10.4 Å². The first-order valence-electron chi connectivity index (χ1n) is 6.84. The molecule has 1 aromatic carbocycles. The van der Waals surface area contributed by atoms with Gasteiger partial charge in [0.15, 0.2) is 5.82 Å². The van der Waals surface area contributed by atoms with Gasteiger partial charge in [0.05, 0.1) is 0 Å². The van der Waals surface area contributed by atoms with Crippen LogP contribution in [0.25, 0.3) is 0 Å². The van der Waals surface area contributed by atoms with Crippen molar-refractivity contribution in [2.45, 2.75) is 18.9 Å². The molecule has 0 radical (unpaired) electrons. The Bertz CT molecular complexity index is 711. The highest BCUT2D eigenvalue weighted by Crippen LogP contribution is 2.48. The Hall–Kier alpha value is -2.15. The van der Waals surface area contributed by atoms with Crippen LogP contribution in [-0.4, -0.2) is 26.8 Å². The zero-order chi connectivity index (χ0) is 15.7. The zero-order valence-corrected chi connectivity index (χ0v) is 13.2. The number of anilines is 1. The molecule has 1 aromatic heterocycles. The molecule has 2 aromatic rings. The first-order valence-corrected chi connectivity index (χ1v) is 7.64. The van der Waals surface area contributed by atoms with E-state index in [1.807, 2.05) is 24.3 Å². The molecular weight excluding hydrogens is 350 g/mol. The number of nitrogens with zero attached hydrogens (tertiary/aromatic N) is 2. The third kappa shape index (κ3) is 3.36. The maximum Gasteiger partial charge on any atom is 0.325 e. The Labute approximate surface area is 135 Å². The fraction of sp³-hybridized carbons (Fsp3) is 0.267. The van der Waals surface area contributed by atoms with Crippen molar-refractivity contribution in [1.29, 1.82) is 0 Å². The van der Waals surface area contributed by atoms with E-state index < -0.39 is 5.97 Å². The Morgan fingerprint density at radius 3 is 2.73 bits per heavy atom. The monoisotopic (exact) mass is 363 g/mol. The molecule has 0 bridgehead atoms. The van der Waals surface area contributed by atoms with Crippen molar-refractivity contribution in [3.8, 4) is 0 Å². The van der Waals surface area contributed by atoms with Crippen LogP contribution in [0.5, 0.6) is 0 Å². The maximum atomic E-state index is 12.2. The summed E-state index contributed by atoms with van der Waals surface area (Å²) in [5.74, 6) is -0.473. The van der Waals surface area contributed by atoms with Gasteiger partial charge in [0.1, 0.15) is 6.54 Å². The lowest BCUT2D eigenvalue weighted by molar-refractivity contribution is -0.137. The molecule has 114 valence electrons. The fourth-order valence-electron chi connectivity index (χ4n) is 2.44. The molecule has 0 spiro atoms. The first-order chi connectivity index (χ1) is 10.5. The van der Waals surface area contributed by atoms with Crippen LogP contribution in [-0.2, 0) is 16.1 Å². The average molecular weight is 364 g/mol. The van der Waals surface area contributed by atoms with Gasteiger partial charge in [0.25, 0.3) is 0 Å². The molecule has 1 saturated carbocycles. The summed E-state index contributed by atoms with van der Waals surface area (Å²) in [6, 6.07) is 9.57. The quantitative estimate of drug-likeness (QED) is 0.854. The van der Waals surface area contributed by atoms with E-state index in [0.29, 0.717) is 5.82 Å². The van der Waals surface area contributed by atoms with Gasteiger partial charge in [-0.25, -0.2) is 0 Å². The van der Waals surface area contributed by atoms with E-state index in [9.17, 15) is 9.59 Å². The molecule has 1 amide bonds. The number of carboxylic acids is 1. The van der Waals surface area contributed by atoms with Gasteiger partial charge in [0.2, 0.25) is 5.91 Å². The summed E-state index contributed by atoms with van der Waals surface area (Å²) in [4.78, 5) is 22.8. The summed E-state index contributed by atoms with van der Waals surface area (Å²) in [6.07, 6.45) is 2.35. The summed E-state index contributed by atoms with van der Waals surface area (Å²) in [7, 11) is 0. The van der Waals surface area contributed by atoms with Crippen molar-refractivity contribution in [2.24, 2.45) is 5.92 Å². The molecule has 6 nitrogen and oxygen atoms in total. The van der Waals surface area contributed by atoms with E-state index in [1.165, 1.54) is 10.9 Å². The van der Waals surface area contributed by atoms with Crippen molar-refractivity contribution in [3.63, 3.8) is 0 Å². The number of aromatic nitrogens is 2. The SMILES string of the molecule is O=C(O)Cn1ccc(NC(=O)C2CC2c2ccc(Br)cc2)n1. The van der Waals surface area contributed by atoms with Crippen molar-refractivity contribution in [1.82, 2.24) is 9.78 Å². The van der Waals surface area contributed by atoms with Crippen LogP contribution in [0.1, 0.15) is 17.9 Å². The number of amides is 1. The standard InChI is InChI=1S/C15H14BrN3O3/c16-10-3-1-9(2-4-10)11-7-12(11)15(22)17-13-5-6-19(18-13)8-14(20)21/h1-6,11-12H,7-8H2,(H,20,21)(H,17,18,22). The van der Waals surface area contributed by atoms with E-state index in [2.05, 4.69) is 26.3 Å². The van der Waals surface area contributed by atoms with E-state index in [-0.39, 0.29) is 24.3 Å². The van der Waals surface area contributed by atoms with Gasteiger partial charge >= 0.3 is 5.97 Å². The fourth-order valence-corrected chi connectivity index (χ4v) is 2.70. The largest absolute Gasteiger partial charge is 0.480 e. The molecule has 2 N–H and O–H groups in total. The van der Waals surface area contributed by atoms with Crippen molar-refractivity contribution in [3.05, 3.63) is 46.6 Å². The Morgan fingerprint density at radius 1 is 1.32 bits per heavy atom. The molecule has 0 saturated heterocycles. The van der Waals surface area contributed by atoms with Crippen LogP contribution < -0.4 is 5.32 Å². The minimum absolute atomic E-state index is 0.0502. The van der Waals surface area contributed by atoms with Crippen LogP contribution in [0.15, 0.2) is 41.0 Å². The maximum absolute atomic E-state index is 12.2. The third-order valence-electron chi connectivity index (χ3n) is 3.61. The molecule has 3 rings (SSSR count). The van der Waals surface area contributed by atoms with E-state index >= 15 is 0 Å². The van der Waals surface area contributed by atoms with Crippen LogP contribution in [0.2, 0.25) is 0 Å². The lowest BCUT2D eigenvalue weighted by Crippen LogP contribution is -2.16. The Kier molecular flexibility index (Phi) is 3.98. The molecular formula is C15H14BrN3O3. The number of aliphatic carboxylic acids is 1. The highest BCUT2D eigenvalue weighted by Gasteiger charge is 2.44. The van der Waals surface area contributed by atoms with Crippen LogP contribution >= 0.6 is 15.9 Å². The normalized spacial score (nSPS) is 19.7. The van der Waals surface area contributed by atoms with Gasteiger partial charge in [-0.1, -0.05) is 28.1 Å². The molecule has 1 heterocycles. The van der Waals surface area contributed by atoms with E-state index in [4.69, 9.17) is 5.11 Å². The molecule has 1 aliphatic carbocycles. The second kappa shape index (κ2) is 5.92. The molecule has 0 aliphatic heterocycles. The van der Waals surface area contributed by atoms with Gasteiger partial charge in [0, 0.05) is 22.7 Å². The number of hydrogen-bond acceptors (Lipinski definition) is 3. The lowest BCUT2D eigenvalue weighted by Gasteiger charge is -2.02. The number of nitrogens with one attached hydrogen (secondary N) is 1. The molecule has 1 fully saturated rings. The number of carboxylic acid groups (broad SMARTS) is 1. The minimum Gasteiger partial charge on any atom is -0.480 e.